The van der Waals surface area contributed by atoms with Gasteiger partial charge >= 0.3 is 12.2 Å². The topological polar surface area (TPSA) is 202 Å². The number of hydrogen-bond acceptors (Lipinski definition) is 11. The second-order valence-electron chi connectivity index (χ2n) is 18.3. The van der Waals surface area contributed by atoms with Gasteiger partial charge in [0.1, 0.15) is 36.1 Å². The molecule has 0 spiro atoms. The van der Waals surface area contributed by atoms with Gasteiger partial charge in [0.2, 0.25) is 11.8 Å². The number of carbonyl (C=O) groups excluding carboxylic acids is 4. The van der Waals surface area contributed by atoms with Gasteiger partial charge in [0.25, 0.3) is 0 Å². The van der Waals surface area contributed by atoms with Crippen LogP contribution in [0.1, 0.15) is 97.0 Å². The SMILES string of the molecule is CC[C@H](C)N(C(=O)[C@@H](NC(=O)OC)C(C)C)[C@@H](C)c1nc2c(ccc3cc4c(cc32)OCc2cc(-c3cnc([C@H](C)N(C[C@H](C)COC)C(=O)[C@@H](NC(=O)OC)C5CCOCC5)[nH]3)ccc2-4)[nH]1. The molecule has 4 amide bonds. The van der Waals surface area contributed by atoms with E-state index in [1.54, 1.807) is 23.1 Å². The molecule has 17 nitrogen and oxygen atoms in total. The van der Waals surface area contributed by atoms with Gasteiger partial charge in [-0.15, -0.1) is 0 Å². The van der Waals surface area contributed by atoms with E-state index in [4.69, 9.17) is 33.7 Å². The van der Waals surface area contributed by atoms with E-state index in [-0.39, 0.29) is 35.6 Å². The number of alkyl carbamates (subject to hydrolysis) is 2. The number of ether oxygens (including phenoxy) is 5. The molecule has 3 aromatic carbocycles. The standard InChI is InChI=1S/C50H66N8O9/c1-11-29(5)58(48(60)42(27(2)3)55-49(61)64-9)31(7)46-52-39-15-13-33-21-38-36-14-12-34(20-35(36)26-67-41(38)22-37(33)44(39)54-46)40-23-51-45(53-40)30(6)57(24-28(4)25-63-8)47(59)43(56-50(62)65-10)32-16-18-66-19-17-32/h12-15,20-23,27-32,42-43H,11,16-19,24-26H2,1-10H3,(H,51,53)(H,52,54)(H,55,61)(H,56,62)/t28-,29-,30-,31-,42-,43-/m0/s1. The van der Waals surface area contributed by atoms with Gasteiger partial charge in [-0.3, -0.25) is 9.59 Å². The molecule has 0 radical (unpaired) electrons. The molecule has 0 unspecified atom stereocenters. The van der Waals surface area contributed by atoms with Crippen molar-refractivity contribution < 1.29 is 42.9 Å². The molecule has 2 aliphatic rings. The van der Waals surface area contributed by atoms with E-state index in [0.717, 1.165) is 55.5 Å². The summed E-state index contributed by atoms with van der Waals surface area (Å²) in [5.74, 6) is 1.31. The van der Waals surface area contributed by atoms with E-state index in [2.05, 4.69) is 50.9 Å². The molecule has 17 heteroatoms. The predicted molar refractivity (Wildman–Crippen MR) is 254 cm³/mol. The van der Waals surface area contributed by atoms with Crippen LogP contribution in [0.4, 0.5) is 9.59 Å². The molecule has 360 valence electrons. The number of H-pyrrole nitrogens is 2. The molecule has 5 aromatic rings. The summed E-state index contributed by atoms with van der Waals surface area (Å²) in [4.78, 5) is 73.8. The van der Waals surface area contributed by atoms with E-state index < -0.39 is 36.4 Å². The van der Waals surface area contributed by atoms with Crippen molar-refractivity contribution in [2.75, 3.05) is 47.7 Å². The van der Waals surface area contributed by atoms with Crippen LogP contribution in [0.25, 0.3) is 44.2 Å². The number of methoxy groups -OCH3 is 3. The number of aromatic nitrogens is 4. The number of nitrogens with zero attached hydrogens (tertiary/aromatic N) is 4. The number of nitrogens with one attached hydrogen (secondary N) is 4. The highest BCUT2D eigenvalue weighted by atomic mass is 16.5. The maximum Gasteiger partial charge on any atom is 0.407 e. The molecule has 2 aliphatic heterocycles. The Labute approximate surface area is 392 Å². The monoisotopic (exact) mass is 922 g/mol. The summed E-state index contributed by atoms with van der Waals surface area (Å²) >= 11 is 0. The van der Waals surface area contributed by atoms with Crippen molar-refractivity contribution in [2.45, 2.75) is 105 Å². The molecule has 0 aliphatic carbocycles. The quantitative estimate of drug-likeness (QED) is 0.0703. The highest BCUT2D eigenvalue weighted by Gasteiger charge is 2.38. The van der Waals surface area contributed by atoms with Crippen LogP contribution >= 0.6 is 0 Å². The molecule has 0 bridgehead atoms. The van der Waals surface area contributed by atoms with E-state index in [0.29, 0.717) is 63.9 Å². The second kappa shape index (κ2) is 21.2. The molecule has 7 rings (SSSR count). The number of rotatable bonds is 17. The van der Waals surface area contributed by atoms with E-state index in [1.165, 1.54) is 14.2 Å². The predicted octanol–water partition coefficient (Wildman–Crippen LogP) is 8.06. The Hall–Kier alpha value is -6.20. The summed E-state index contributed by atoms with van der Waals surface area (Å²) in [5.41, 5.74) is 6.35. The van der Waals surface area contributed by atoms with Crippen LogP contribution in [0.3, 0.4) is 0 Å². The van der Waals surface area contributed by atoms with Gasteiger partial charge in [-0.2, -0.15) is 0 Å². The maximum absolute atomic E-state index is 14.5. The average Bonchev–Trinajstić information content (AvgIpc) is 4.02. The lowest BCUT2D eigenvalue weighted by Crippen LogP contribution is -2.54. The minimum atomic E-state index is -0.792. The van der Waals surface area contributed by atoms with Crippen molar-refractivity contribution in [1.82, 2.24) is 40.4 Å². The fraction of sp³-hybridized carbons (Fsp3) is 0.520. The third-order valence-electron chi connectivity index (χ3n) is 13.4. The molecule has 1 fully saturated rings. The number of fused-ring (bicyclic) bond motifs is 6. The van der Waals surface area contributed by atoms with Crippen molar-refractivity contribution in [3.63, 3.8) is 0 Å². The van der Waals surface area contributed by atoms with Gasteiger partial charge in [0.05, 0.1) is 55.8 Å². The second-order valence-corrected chi connectivity index (χ2v) is 18.3. The van der Waals surface area contributed by atoms with Gasteiger partial charge in [-0.05, 0) is 104 Å². The Kier molecular flexibility index (Phi) is 15.4. The minimum absolute atomic E-state index is 0.0102. The first-order valence-electron chi connectivity index (χ1n) is 23.3. The number of amides is 4. The van der Waals surface area contributed by atoms with Crippen LogP contribution in [0.15, 0.2) is 48.7 Å². The average molecular weight is 923 g/mol. The van der Waals surface area contributed by atoms with Gasteiger partial charge in [0.15, 0.2) is 0 Å². The lowest BCUT2D eigenvalue weighted by atomic mass is 9.90. The third kappa shape index (κ3) is 10.4. The summed E-state index contributed by atoms with van der Waals surface area (Å²) in [6.45, 7) is 16.0. The zero-order valence-electron chi connectivity index (χ0n) is 40.4. The maximum atomic E-state index is 14.5. The lowest BCUT2D eigenvalue weighted by Gasteiger charge is -2.37. The Balaban J connectivity index is 1.15. The highest BCUT2D eigenvalue weighted by molar-refractivity contribution is 6.07. The Morgan fingerprint density at radius 2 is 1.58 bits per heavy atom. The zero-order valence-corrected chi connectivity index (χ0v) is 40.4. The van der Waals surface area contributed by atoms with Crippen LogP contribution in [0.5, 0.6) is 5.75 Å². The third-order valence-corrected chi connectivity index (χ3v) is 13.4. The van der Waals surface area contributed by atoms with Gasteiger partial charge in [0, 0.05) is 43.9 Å². The van der Waals surface area contributed by atoms with Crippen molar-refractivity contribution in [2.24, 2.45) is 17.8 Å². The van der Waals surface area contributed by atoms with Crippen molar-refractivity contribution in [1.29, 1.82) is 0 Å². The van der Waals surface area contributed by atoms with Crippen LogP contribution in [-0.2, 0) is 35.1 Å². The first kappa shape index (κ1) is 48.7. The Bertz CT molecular complexity index is 2570. The fourth-order valence-electron chi connectivity index (χ4n) is 9.40. The molecule has 1 saturated heterocycles. The number of aromatic amines is 2. The van der Waals surface area contributed by atoms with Crippen molar-refractivity contribution in [3.05, 3.63) is 65.9 Å². The summed E-state index contributed by atoms with van der Waals surface area (Å²) in [7, 11) is 4.22. The molecule has 2 aromatic heterocycles. The highest BCUT2D eigenvalue weighted by Crippen LogP contribution is 2.43. The molecular formula is C50H66N8O9. The van der Waals surface area contributed by atoms with Gasteiger partial charge < -0.3 is 54.1 Å². The number of imidazole rings is 2. The Morgan fingerprint density at radius 3 is 2.27 bits per heavy atom. The van der Waals surface area contributed by atoms with Crippen LogP contribution in [0.2, 0.25) is 0 Å². The van der Waals surface area contributed by atoms with Crippen LogP contribution < -0.4 is 15.4 Å². The number of benzene rings is 3. The summed E-state index contributed by atoms with van der Waals surface area (Å²) in [6, 6.07) is 11.9. The smallest absolute Gasteiger partial charge is 0.407 e. The van der Waals surface area contributed by atoms with E-state index >= 15 is 0 Å². The first-order chi connectivity index (χ1) is 32.2. The first-order valence-corrected chi connectivity index (χ1v) is 23.3. The van der Waals surface area contributed by atoms with Crippen LogP contribution in [-0.4, -0.2) is 120 Å². The summed E-state index contributed by atoms with van der Waals surface area (Å²) < 4.78 is 27.3. The van der Waals surface area contributed by atoms with Crippen molar-refractivity contribution in [3.8, 4) is 28.1 Å². The fourth-order valence-corrected chi connectivity index (χ4v) is 9.40. The largest absolute Gasteiger partial charge is 0.488 e. The summed E-state index contributed by atoms with van der Waals surface area (Å²) in [5, 5.41) is 7.47. The van der Waals surface area contributed by atoms with E-state index in [1.807, 2.05) is 60.6 Å². The summed E-state index contributed by atoms with van der Waals surface area (Å²) in [6.07, 6.45) is 2.47. The Morgan fingerprint density at radius 1 is 0.851 bits per heavy atom. The number of carbonyl (C=O) groups is 4. The van der Waals surface area contributed by atoms with Gasteiger partial charge in [-0.1, -0.05) is 45.9 Å². The molecule has 0 saturated carbocycles. The lowest BCUT2D eigenvalue weighted by molar-refractivity contribution is -0.140. The molecular weight excluding hydrogens is 857 g/mol. The molecule has 4 N–H and O–H groups in total. The minimum Gasteiger partial charge on any atom is -0.488 e. The molecule has 6 atom stereocenters. The van der Waals surface area contributed by atoms with E-state index in [9.17, 15) is 19.2 Å². The zero-order chi connectivity index (χ0) is 48.1. The van der Waals surface area contributed by atoms with Crippen LogP contribution in [0, 0.1) is 17.8 Å². The molecule has 67 heavy (non-hydrogen) atoms. The molecule has 4 heterocycles. The van der Waals surface area contributed by atoms with Gasteiger partial charge in [-0.25, -0.2) is 19.6 Å². The normalized spacial score (nSPS) is 16.5. The number of hydrogen-bond donors (Lipinski definition) is 4. The van der Waals surface area contributed by atoms with Crippen molar-refractivity contribution >= 4 is 45.8 Å².